The first-order valence-corrected chi connectivity index (χ1v) is 12.1. The molecule has 0 fully saturated rings. The lowest BCUT2D eigenvalue weighted by Gasteiger charge is -2.36. The van der Waals surface area contributed by atoms with Crippen molar-refractivity contribution >= 4 is 23.7 Å². The van der Waals surface area contributed by atoms with E-state index in [-0.39, 0.29) is 11.9 Å². The molecule has 1 aliphatic heterocycles. The van der Waals surface area contributed by atoms with E-state index in [1.165, 1.54) is 11.1 Å². The average Bonchev–Trinajstić information content (AvgIpc) is 2.90. The summed E-state index contributed by atoms with van der Waals surface area (Å²) in [5.41, 5.74) is 7.31. The first-order chi connectivity index (χ1) is 17.4. The summed E-state index contributed by atoms with van der Waals surface area (Å²) in [6.07, 6.45) is 2.53. The smallest absolute Gasteiger partial charge is 0.272 e. The first kappa shape index (κ1) is 25.5. The van der Waals surface area contributed by atoms with Crippen LogP contribution in [0.25, 0.3) is 0 Å². The molecule has 7 nitrogen and oxygen atoms in total. The number of hydrogen-bond donors (Lipinski definition) is 1. The third-order valence-corrected chi connectivity index (χ3v) is 6.82. The van der Waals surface area contributed by atoms with Crippen molar-refractivity contribution < 1.29 is 19.0 Å². The van der Waals surface area contributed by atoms with Crippen molar-refractivity contribution in [1.29, 1.82) is 0 Å². The molecule has 8 heteroatoms. The minimum absolute atomic E-state index is 0.186. The molecule has 0 saturated carbocycles. The third kappa shape index (κ3) is 5.48. The van der Waals surface area contributed by atoms with Gasteiger partial charge in [0.1, 0.15) is 5.75 Å². The summed E-state index contributed by atoms with van der Waals surface area (Å²) < 4.78 is 16.6. The number of carbonyl (C=O) groups excluding carboxylic acids is 1. The molecule has 1 heterocycles. The highest BCUT2D eigenvalue weighted by Gasteiger charge is 2.26. The Labute approximate surface area is 216 Å². The molecule has 3 aromatic rings. The van der Waals surface area contributed by atoms with Gasteiger partial charge in [-0.1, -0.05) is 23.7 Å². The Hall–Kier alpha value is -3.55. The fourth-order valence-corrected chi connectivity index (χ4v) is 4.73. The highest BCUT2D eigenvalue weighted by molar-refractivity contribution is 6.33. The molecule has 1 amide bonds. The van der Waals surface area contributed by atoms with Gasteiger partial charge in [-0.3, -0.25) is 9.69 Å². The SMILES string of the molecule is COc1ccc(C=NNC(=O)c2ccccc2Cl)cc1CN1CCc2cc(OC)c(OC)cc2C1C. The molecular formula is C28H30ClN3O4. The Morgan fingerprint density at radius 2 is 1.78 bits per heavy atom. The van der Waals surface area contributed by atoms with Crippen molar-refractivity contribution in [2.24, 2.45) is 5.10 Å². The molecule has 0 aliphatic carbocycles. The number of methoxy groups -OCH3 is 3. The summed E-state index contributed by atoms with van der Waals surface area (Å²) >= 11 is 6.09. The molecule has 0 aromatic heterocycles. The Balaban J connectivity index is 1.50. The number of carbonyl (C=O) groups is 1. The molecule has 1 aliphatic rings. The molecule has 188 valence electrons. The fourth-order valence-electron chi connectivity index (χ4n) is 4.50. The van der Waals surface area contributed by atoms with Gasteiger partial charge in [-0.2, -0.15) is 5.10 Å². The fraction of sp³-hybridized carbons (Fsp3) is 0.286. The predicted molar refractivity (Wildman–Crippen MR) is 142 cm³/mol. The quantitative estimate of drug-likeness (QED) is 0.333. The average molecular weight is 508 g/mol. The van der Waals surface area contributed by atoms with E-state index in [0.717, 1.165) is 41.3 Å². The van der Waals surface area contributed by atoms with Crippen molar-refractivity contribution in [3.63, 3.8) is 0 Å². The topological polar surface area (TPSA) is 72.4 Å². The molecule has 4 rings (SSSR count). The Bertz CT molecular complexity index is 1280. The van der Waals surface area contributed by atoms with E-state index >= 15 is 0 Å². The van der Waals surface area contributed by atoms with Gasteiger partial charge >= 0.3 is 0 Å². The monoisotopic (exact) mass is 507 g/mol. The Morgan fingerprint density at radius 3 is 2.50 bits per heavy atom. The molecule has 0 bridgehead atoms. The lowest BCUT2D eigenvalue weighted by atomic mass is 9.92. The molecule has 3 aromatic carbocycles. The zero-order chi connectivity index (χ0) is 25.7. The number of ether oxygens (including phenoxy) is 3. The molecule has 1 N–H and O–H groups in total. The van der Waals surface area contributed by atoms with Crippen molar-refractivity contribution in [3.8, 4) is 17.2 Å². The van der Waals surface area contributed by atoms with Gasteiger partial charge in [0.05, 0.1) is 38.1 Å². The second-order valence-corrected chi connectivity index (χ2v) is 8.96. The predicted octanol–water partition coefficient (Wildman–Crippen LogP) is 5.25. The molecule has 36 heavy (non-hydrogen) atoms. The van der Waals surface area contributed by atoms with E-state index in [2.05, 4.69) is 34.5 Å². The molecule has 1 unspecified atom stereocenters. The maximum absolute atomic E-state index is 12.4. The lowest BCUT2D eigenvalue weighted by Crippen LogP contribution is -2.33. The number of nitrogens with zero attached hydrogens (tertiary/aromatic N) is 2. The molecule has 0 spiro atoms. The van der Waals surface area contributed by atoms with Crippen LogP contribution in [-0.4, -0.2) is 44.9 Å². The number of benzene rings is 3. The van der Waals surface area contributed by atoms with Crippen LogP contribution in [0.1, 0.15) is 45.6 Å². The zero-order valence-electron chi connectivity index (χ0n) is 20.9. The maximum Gasteiger partial charge on any atom is 0.272 e. The van der Waals surface area contributed by atoms with E-state index in [4.69, 9.17) is 25.8 Å². The van der Waals surface area contributed by atoms with Gasteiger partial charge in [0.15, 0.2) is 11.5 Å². The summed E-state index contributed by atoms with van der Waals surface area (Å²) in [5, 5.41) is 4.50. The third-order valence-electron chi connectivity index (χ3n) is 6.49. The van der Waals surface area contributed by atoms with E-state index < -0.39 is 0 Å². The summed E-state index contributed by atoms with van der Waals surface area (Å²) in [6, 6.07) is 17.0. The van der Waals surface area contributed by atoms with Crippen molar-refractivity contribution in [2.75, 3.05) is 27.9 Å². The summed E-state index contributed by atoms with van der Waals surface area (Å²) in [4.78, 5) is 14.8. The van der Waals surface area contributed by atoms with Crippen LogP contribution in [0.15, 0.2) is 59.7 Å². The van der Waals surface area contributed by atoms with Gasteiger partial charge in [0, 0.05) is 24.7 Å². The Morgan fingerprint density at radius 1 is 1.06 bits per heavy atom. The van der Waals surface area contributed by atoms with E-state index in [9.17, 15) is 4.79 Å². The van der Waals surface area contributed by atoms with Crippen LogP contribution >= 0.6 is 11.6 Å². The summed E-state index contributed by atoms with van der Waals surface area (Å²) in [5.74, 6) is 1.93. The number of halogens is 1. The van der Waals surface area contributed by atoms with Crippen LogP contribution in [0.4, 0.5) is 0 Å². The number of hydrogen-bond acceptors (Lipinski definition) is 6. The number of rotatable bonds is 8. The van der Waals surface area contributed by atoms with E-state index in [0.29, 0.717) is 17.1 Å². The lowest BCUT2D eigenvalue weighted by molar-refractivity contribution is 0.0955. The standard InChI is InChI=1S/C28H30ClN3O4/c1-18-23-15-27(36-4)26(35-3)14-20(23)11-12-32(18)17-21-13-19(9-10-25(21)34-2)16-30-31-28(33)22-7-5-6-8-24(22)29/h5-10,13-16,18H,11-12,17H2,1-4H3,(H,31,33). The second-order valence-electron chi connectivity index (χ2n) is 8.55. The van der Waals surface area contributed by atoms with Crippen LogP contribution in [0, 0.1) is 0 Å². The minimum Gasteiger partial charge on any atom is -0.496 e. The Kier molecular flexibility index (Phi) is 8.13. The molecular weight excluding hydrogens is 478 g/mol. The van der Waals surface area contributed by atoms with Gasteiger partial charge in [0.2, 0.25) is 0 Å². The number of fused-ring (bicyclic) bond motifs is 1. The largest absolute Gasteiger partial charge is 0.496 e. The highest BCUT2D eigenvalue weighted by atomic mass is 35.5. The van der Waals surface area contributed by atoms with E-state index in [1.807, 2.05) is 18.2 Å². The van der Waals surface area contributed by atoms with Crippen LogP contribution < -0.4 is 19.6 Å². The molecule has 1 atom stereocenters. The van der Waals surface area contributed by atoms with Gasteiger partial charge in [0.25, 0.3) is 5.91 Å². The van der Waals surface area contributed by atoms with Crippen LogP contribution in [0.5, 0.6) is 17.2 Å². The van der Waals surface area contributed by atoms with Crippen molar-refractivity contribution in [2.45, 2.75) is 25.9 Å². The minimum atomic E-state index is -0.363. The van der Waals surface area contributed by atoms with Gasteiger partial charge in [-0.25, -0.2) is 5.43 Å². The molecule has 0 radical (unpaired) electrons. The van der Waals surface area contributed by atoms with Crippen LogP contribution in [-0.2, 0) is 13.0 Å². The second kappa shape index (κ2) is 11.5. The molecule has 0 saturated heterocycles. The van der Waals surface area contributed by atoms with Crippen molar-refractivity contribution in [1.82, 2.24) is 10.3 Å². The number of hydrazone groups is 1. The van der Waals surface area contributed by atoms with Crippen molar-refractivity contribution in [3.05, 3.63) is 87.4 Å². The summed E-state index contributed by atoms with van der Waals surface area (Å²) in [6.45, 7) is 3.80. The highest BCUT2D eigenvalue weighted by Crippen LogP contribution is 2.39. The van der Waals surface area contributed by atoms with E-state index in [1.54, 1.807) is 51.8 Å². The van der Waals surface area contributed by atoms with Gasteiger partial charge < -0.3 is 14.2 Å². The normalized spacial score (nSPS) is 15.4. The summed E-state index contributed by atoms with van der Waals surface area (Å²) in [7, 11) is 4.99. The van der Waals surface area contributed by atoms with Gasteiger partial charge in [-0.05, 0) is 72.5 Å². The number of amides is 1. The maximum atomic E-state index is 12.4. The van der Waals surface area contributed by atoms with Crippen LogP contribution in [0.2, 0.25) is 5.02 Å². The first-order valence-electron chi connectivity index (χ1n) is 11.7. The zero-order valence-corrected chi connectivity index (χ0v) is 21.6. The number of nitrogens with one attached hydrogen (secondary N) is 1. The van der Waals surface area contributed by atoms with Crippen LogP contribution in [0.3, 0.4) is 0 Å². The van der Waals surface area contributed by atoms with Gasteiger partial charge in [-0.15, -0.1) is 0 Å².